The van der Waals surface area contributed by atoms with Crippen LogP contribution in [0.25, 0.3) is 11.4 Å². The maximum Gasteiger partial charge on any atom is 0.182 e. The van der Waals surface area contributed by atoms with Crippen molar-refractivity contribution >= 4 is 21.6 Å². The van der Waals surface area contributed by atoms with Crippen molar-refractivity contribution in [3.05, 3.63) is 22.2 Å². The molecule has 0 spiro atoms. The lowest BCUT2D eigenvalue weighted by Gasteiger charge is -2.10. The third kappa shape index (κ3) is 2.04. The highest BCUT2D eigenvalue weighted by Crippen LogP contribution is 2.56. The number of nitrogens with two attached hydrogens (primary N) is 1. The topological polar surface area (TPSA) is 69.6 Å². The van der Waals surface area contributed by atoms with E-state index in [1.54, 1.807) is 0 Å². The summed E-state index contributed by atoms with van der Waals surface area (Å²) in [6.45, 7) is 6.45. The maximum absolute atomic E-state index is 6.01. The number of nitrogen functional groups attached to an aromatic ring is 1. The zero-order chi connectivity index (χ0) is 13.8. The normalized spacial score (nSPS) is 20.5. The highest BCUT2D eigenvalue weighted by atomic mass is 79.9. The van der Waals surface area contributed by atoms with Crippen LogP contribution in [0.1, 0.15) is 31.9 Å². The van der Waals surface area contributed by atoms with Crippen LogP contribution in [0.15, 0.2) is 16.6 Å². The number of tetrazole rings is 1. The van der Waals surface area contributed by atoms with Crippen molar-refractivity contribution in [1.82, 2.24) is 20.2 Å². The molecule has 1 aliphatic carbocycles. The molecule has 6 heteroatoms. The molecule has 2 N–H and O–H groups in total. The second-order valence-corrected chi connectivity index (χ2v) is 6.74. The van der Waals surface area contributed by atoms with Crippen LogP contribution in [0.5, 0.6) is 0 Å². The summed E-state index contributed by atoms with van der Waals surface area (Å²) in [6, 6.07) is 4.29. The molecule has 3 rings (SSSR count). The van der Waals surface area contributed by atoms with Crippen LogP contribution in [0.4, 0.5) is 5.69 Å². The van der Waals surface area contributed by atoms with E-state index in [4.69, 9.17) is 5.73 Å². The molecule has 5 nitrogen and oxygen atoms in total. The van der Waals surface area contributed by atoms with Crippen molar-refractivity contribution in [1.29, 1.82) is 0 Å². The predicted molar refractivity (Wildman–Crippen MR) is 77.5 cm³/mol. The number of hydrogen-bond donors (Lipinski definition) is 1. The highest BCUT2D eigenvalue weighted by molar-refractivity contribution is 9.10. The lowest BCUT2D eigenvalue weighted by atomic mass is 10.1. The summed E-state index contributed by atoms with van der Waals surface area (Å²) in [5, 5.41) is 12.2. The third-order valence-electron chi connectivity index (χ3n) is 3.90. The first kappa shape index (κ1) is 12.6. The Balaban J connectivity index is 2.12. The number of rotatable bonds is 2. The fraction of sp³-hybridized carbons (Fsp3) is 0.462. The van der Waals surface area contributed by atoms with Gasteiger partial charge < -0.3 is 5.73 Å². The van der Waals surface area contributed by atoms with Crippen LogP contribution < -0.4 is 5.73 Å². The van der Waals surface area contributed by atoms with Crippen LogP contribution in [0.2, 0.25) is 0 Å². The minimum atomic E-state index is 0.273. The third-order valence-corrected chi connectivity index (χ3v) is 4.36. The SMILES string of the molecule is Cc1c(N)cc(Br)cc1-c1nnnn1C1CC1(C)C. The molecule has 0 amide bonds. The second kappa shape index (κ2) is 4.03. The summed E-state index contributed by atoms with van der Waals surface area (Å²) in [5.74, 6) is 0.793. The van der Waals surface area contributed by atoms with Gasteiger partial charge in [-0.25, -0.2) is 4.68 Å². The fourth-order valence-corrected chi connectivity index (χ4v) is 2.85. The number of benzene rings is 1. The minimum Gasteiger partial charge on any atom is -0.398 e. The molecule has 1 aromatic heterocycles. The van der Waals surface area contributed by atoms with Crippen LogP contribution in [-0.2, 0) is 0 Å². The van der Waals surface area contributed by atoms with Gasteiger partial charge >= 0.3 is 0 Å². The quantitative estimate of drug-likeness (QED) is 0.863. The van der Waals surface area contributed by atoms with Gasteiger partial charge in [-0.15, -0.1) is 5.10 Å². The summed E-state index contributed by atoms with van der Waals surface area (Å²) in [6.07, 6.45) is 1.10. The average Bonchev–Trinajstić information content (AvgIpc) is 2.76. The van der Waals surface area contributed by atoms with Gasteiger partial charge in [0.15, 0.2) is 5.82 Å². The Hall–Kier alpha value is -1.43. The summed E-state index contributed by atoms with van der Waals surface area (Å²) in [4.78, 5) is 0. The smallest absolute Gasteiger partial charge is 0.182 e. The van der Waals surface area contributed by atoms with E-state index in [1.807, 2.05) is 23.7 Å². The molecule has 1 unspecified atom stereocenters. The van der Waals surface area contributed by atoms with E-state index in [0.29, 0.717) is 6.04 Å². The van der Waals surface area contributed by atoms with Crippen molar-refractivity contribution < 1.29 is 0 Å². The Morgan fingerprint density at radius 1 is 1.42 bits per heavy atom. The van der Waals surface area contributed by atoms with Gasteiger partial charge in [-0.3, -0.25) is 0 Å². The summed E-state index contributed by atoms with van der Waals surface area (Å²) in [5.41, 5.74) is 9.03. The molecular formula is C13H16BrN5. The number of hydrogen-bond acceptors (Lipinski definition) is 4. The van der Waals surface area contributed by atoms with Gasteiger partial charge in [-0.2, -0.15) is 0 Å². The maximum atomic E-state index is 6.01. The van der Waals surface area contributed by atoms with Crippen molar-refractivity contribution in [2.24, 2.45) is 5.41 Å². The number of halogens is 1. The lowest BCUT2D eigenvalue weighted by molar-refractivity contribution is 0.497. The van der Waals surface area contributed by atoms with Gasteiger partial charge in [-0.1, -0.05) is 29.8 Å². The van der Waals surface area contributed by atoms with Gasteiger partial charge in [-0.05, 0) is 46.9 Å². The standard InChI is InChI=1S/C13H16BrN5/c1-7-9(4-8(14)5-10(7)15)12-16-17-18-19(12)11-6-13(11,2)3/h4-5,11H,6,15H2,1-3H3. The Bertz CT molecular complexity index is 646. The fourth-order valence-electron chi connectivity index (χ4n) is 2.37. The van der Waals surface area contributed by atoms with Crippen molar-refractivity contribution in [2.45, 2.75) is 33.2 Å². The predicted octanol–water partition coefficient (Wildman–Crippen LogP) is 2.96. The zero-order valence-corrected chi connectivity index (χ0v) is 12.8. The monoisotopic (exact) mass is 321 g/mol. The molecular weight excluding hydrogens is 306 g/mol. The molecule has 100 valence electrons. The number of aromatic nitrogens is 4. The molecule has 1 saturated carbocycles. The van der Waals surface area contributed by atoms with Crippen molar-refractivity contribution in [3.63, 3.8) is 0 Å². The van der Waals surface area contributed by atoms with Gasteiger partial charge in [0.1, 0.15) is 0 Å². The highest BCUT2D eigenvalue weighted by Gasteiger charge is 2.49. The van der Waals surface area contributed by atoms with Gasteiger partial charge in [0.25, 0.3) is 0 Å². The molecule has 0 bridgehead atoms. The van der Waals surface area contributed by atoms with Crippen LogP contribution >= 0.6 is 15.9 Å². The van der Waals surface area contributed by atoms with Crippen LogP contribution in [0, 0.1) is 12.3 Å². The molecule has 1 aromatic carbocycles. The molecule has 0 radical (unpaired) electrons. The molecule has 2 aromatic rings. The Kier molecular flexibility index (Phi) is 2.67. The second-order valence-electron chi connectivity index (χ2n) is 5.82. The molecule has 0 aliphatic heterocycles. The van der Waals surface area contributed by atoms with Crippen LogP contribution in [0.3, 0.4) is 0 Å². The average molecular weight is 322 g/mol. The number of nitrogens with zero attached hydrogens (tertiary/aromatic N) is 4. The van der Waals surface area contributed by atoms with E-state index < -0.39 is 0 Å². The minimum absolute atomic E-state index is 0.273. The Morgan fingerprint density at radius 3 is 2.74 bits per heavy atom. The van der Waals surface area contributed by atoms with Crippen molar-refractivity contribution in [2.75, 3.05) is 5.73 Å². The lowest BCUT2D eigenvalue weighted by Crippen LogP contribution is -2.06. The first-order chi connectivity index (χ1) is 8.90. The van der Waals surface area contributed by atoms with E-state index in [9.17, 15) is 0 Å². The summed E-state index contributed by atoms with van der Waals surface area (Å²) < 4.78 is 2.86. The zero-order valence-electron chi connectivity index (χ0n) is 11.2. The molecule has 1 fully saturated rings. The Labute approximate surface area is 120 Å². The molecule has 1 atom stereocenters. The van der Waals surface area contributed by atoms with Gasteiger partial charge in [0, 0.05) is 15.7 Å². The van der Waals surface area contributed by atoms with E-state index in [2.05, 4.69) is 45.3 Å². The summed E-state index contributed by atoms with van der Waals surface area (Å²) in [7, 11) is 0. The number of anilines is 1. The first-order valence-corrected chi connectivity index (χ1v) is 7.03. The molecule has 19 heavy (non-hydrogen) atoms. The van der Waals surface area contributed by atoms with Crippen LogP contribution in [-0.4, -0.2) is 20.2 Å². The van der Waals surface area contributed by atoms with E-state index >= 15 is 0 Å². The van der Waals surface area contributed by atoms with Crippen molar-refractivity contribution in [3.8, 4) is 11.4 Å². The van der Waals surface area contributed by atoms with Gasteiger partial charge in [0.2, 0.25) is 0 Å². The molecule has 1 aliphatic rings. The first-order valence-electron chi connectivity index (χ1n) is 6.24. The van der Waals surface area contributed by atoms with E-state index in [0.717, 1.165) is 33.5 Å². The van der Waals surface area contributed by atoms with E-state index in [-0.39, 0.29) is 5.41 Å². The van der Waals surface area contributed by atoms with E-state index in [1.165, 1.54) is 0 Å². The largest absolute Gasteiger partial charge is 0.398 e. The Morgan fingerprint density at radius 2 is 2.11 bits per heavy atom. The molecule has 1 heterocycles. The molecule has 0 saturated heterocycles. The van der Waals surface area contributed by atoms with Gasteiger partial charge in [0.05, 0.1) is 6.04 Å². The summed E-state index contributed by atoms with van der Waals surface area (Å²) >= 11 is 3.47.